The fraction of sp³-hybridized carbons (Fsp3) is 0.367. The Balaban J connectivity index is 1.66. The van der Waals surface area contributed by atoms with Gasteiger partial charge in [0.2, 0.25) is 0 Å². The molecule has 0 radical (unpaired) electrons. The number of carboxylic acids is 1. The first-order valence-corrected chi connectivity index (χ1v) is 12.8. The summed E-state index contributed by atoms with van der Waals surface area (Å²) in [6, 6.07) is 12.3. The lowest BCUT2D eigenvalue weighted by molar-refractivity contribution is -0.137. The van der Waals surface area contributed by atoms with Gasteiger partial charge in [-0.15, -0.1) is 0 Å². The lowest BCUT2D eigenvalue weighted by atomic mass is 10.0. The van der Waals surface area contributed by atoms with E-state index in [0.717, 1.165) is 11.8 Å². The summed E-state index contributed by atoms with van der Waals surface area (Å²) in [5, 5.41) is 20.8. The van der Waals surface area contributed by atoms with Crippen LogP contribution in [0.5, 0.6) is 23.0 Å². The van der Waals surface area contributed by atoms with Crippen LogP contribution in [0.3, 0.4) is 0 Å². The quantitative estimate of drug-likeness (QED) is 0.184. The number of hydrogen-bond acceptors (Lipinski definition) is 7. The third kappa shape index (κ3) is 7.25. The van der Waals surface area contributed by atoms with Crippen molar-refractivity contribution in [2.24, 2.45) is 0 Å². The van der Waals surface area contributed by atoms with Crippen LogP contribution < -0.4 is 14.2 Å². The maximum atomic E-state index is 12.5. The number of carbonyl (C=O) groups is 3. The van der Waals surface area contributed by atoms with Crippen LogP contribution in [0, 0.1) is 0 Å². The summed E-state index contributed by atoms with van der Waals surface area (Å²) >= 11 is 0. The molecular formula is C30H34O8. The number of phenols is 1. The highest BCUT2D eigenvalue weighted by Crippen LogP contribution is 2.34. The van der Waals surface area contributed by atoms with Crippen LogP contribution in [0.4, 0.5) is 0 Å². The molecule has 3 aromatic carbocycles. The molecule has 0 saturated carbocycles. The van der Waals surface area contributed by atoms with Gasteiger partial charge in [-0.05, 0) is 67.8 Å². The Kier molecular flexibility index (Phi) is 10.1. The summed E-state index contributed by atoms with van der Waals surface area (Å²) in [6.07, 6.45) is 2.32. The number of carbonyl (C=O) groups excluding carboxylic acids is 2. The molecule has 202 valence electrons. The normalized spacial score (nSPS) is 10.8. The van der Waals surface area contributed by atoms with Crippen molar-refractivity contribution in [3.05, 3.63) is 59.2 Å². The van der Waals surface area contributed by atoms with Gasteiger partial charge in [-0.3, -0.25) is 14.4 Å². The predicted molar refractivity (Wildman–Crippen MR) is 144 cm³/mol. The molecule has 38 heavy (non-hydrogen) atoms. The fourth-order valence-corrected chi connectivity index (χ4v) is 4.22. The van der Waals surface area contributed by atoms with Gasteiger partial charge < -0.3 is 24.4 Å². The van der Waals surface area contributed by atoms with E-state index in [4.69, 9.17) is 19.3 Å². The van der Waals surface area contributed by atoms with Gasteiger partial charge in [0.1, 0.15) is 23.0 Å². The van der Waals surface area contributed by atoms with Crippen LogP contribution in [0.25, 0.3) is 10.8 Å². The van der Waals surface area contributed by atoms with E-state index < -0.39 is 5.97 Å². The molecule has 0 aliphatic heterocycles. The molecule has 0 atom stereocenters. The molecule has 0 amide bonds. The zero-order chi connectivity index (χ0) is 27.7. The Hall–Kier alpha value is -4.07. The Morgan fingerprint density at radius 3 is 2.13 bits per heavy atom. The molecule has 8 heteroatoms. The van der Waals surface area contributed by atoms with Crippen molar-refractivity contribution < 1.29 is 38.8 Å². The number of benzene rings is 3. The average molecular weight is 523 g/mol. The molecule has 0 unspecified atom stereocenters. The van der Waals surface area contributed by atoms with Crippen molar-refractivity contribution in [3.63, 3.8) is 0 Å². The van der Waals surface area contributed by atoms with E-state index in [1.54, 1.807) is 30.3 Å². The summed E-state index contributed by atoms with van der Waals surface area (Å²) in [4.78, 5) is 35.0. The first-order chi connectivity index (χ1) is 18.2. The molecule has 0 fully saturated rings. The van der Waals surface area contributed by atoms with Crippen molar-refractivity contribution in [1.82, 2.24) is 0 Å². The highest BCUT2D eigenvalue weighted by Gasteiger charge is 2.17. The summed E-state index contributed by atoms with van der Waals surface area (Å²) in [6.45, 7) is 5.78. The number of ether oxygens (including phenoxy) is 3. The number of rotatable bonds is 15. The average Bonchev–Trinajstić information content (AvgIpc) is 2.87. The number of fused-ring (bicyclic) bond motifs is 1. The molecule has 0 spiro atoms. The molecule has 3 aromatic rings. The zero-order valence-corrected chi connectivity index (χ0v) is 22.0. The van der Waals surface area contributed by atoms with Crippen LogP contribution >= 0.6 is 0 Å². The zero-order valence-electron chi connectivity index (χ0n) is 22.0. The number of phenolic OH excluding ortho intramolecular Hbond substituents is 1. The molecule has 8 nitrogen and oxygen atoms in total. The van der Waals surface area contributed by atoms with E-state index in [0.29, 0.717) is 66.2 Å². The lowest BCUT2D eigenvalue weighted by Gasteiger charge is -2.16. The Bertz CT molecular complexity index is 1310. The third-order valence-electron chi connectivity index (χ3n) is 6.03. The van der Waals surface area contributed by atoms with Crippen molar-refractivity contribution in [2.45, 2.75) is 52.9 Å². The summed E-state index contributed by atoms with van der Waals surface area (Å²) in [5.74, 6) is 0.314. The molecular weight excluding hydrogens is 488 g/mol. The molecule has 0 saturated heterocycles. The maximum Gasteiger partial charge on any atom is 0.303 e. The fourth-order valence-electron chi connectivity index (χ4n) is 4.22. The summed E-state index contributed by atoms with van der Waals surface area (Å²) < 4.78 is 17.5. The Labute approximate surface area is 222 Å². The highest BCUT2D eigenvalue weighted by molar-refractivity contribution is 6.09. The molecule has 0 aliphatic carbocycles. The van der Waals surface area contributed by atoms with Crippen LogP contribution in [0.1, 0.15) is 72.7 Å². The maximum absolute atomic E-state index is 12.5. The Morgan fingerprint density at radius 1 is 0.816 bits per heavy atom. The second-order valence-corrected chi connectivity index (χ2v) is 9.02. The highest BCUT2D eigenvalue weighted by atomic mass is 16.5. The van der Waals surface area contributed by atoms with Gasteiger partial charge in [-0.1, -0.05) is 25.5 Å². The van der Waals surface area contributed by atoms with Crippen LogP contribution in [0.2, 0.25) is 0 Å². The second kappa shape index (κ2) is 13.5. The molecule has 2 N–H and O–H groups in total. The van der Waals surface area contributed by atoms with E-state index >= 15 is 0 Å². The molecule has 0 bridgehead atoms. The largest absolute Gasteiger partial charge is 0.507 e. The van der Waals surface area contributed by atoms with E-state index in [-0.39, 0.29) is 35.9 Å². The smallest absolute Gasteiger partial charge is 0.303 e. The van der Waals surface area contributed by atoms with Crippen LogP contribution in [-0.2, 0) is 11.2 Å². The third-order valence-corrected chi connectivity index (χ3v) is 6.03. The minimum absolute atomic E-state index is 0.0266. The standard InChI is InChI=1S/C30H34O8/c1-4-7-24-26(14-12-23(19(2)31)30(24)35)37-16-6-17-38-27-13-10-21-9-11-22(36-15-5-8-28(33)34)18-25(21)29(27)20(3)32/h9-14,18,35H,4-8,15-17H2,1-3H3,(H,33,34). The van der Waals surface area contributed by atoms with Gasteiger partial charge in [0.15, 0.2) is 11.6 Å². The van der Waals surface area contributed by atoms with Crippen molar-refractivity contribution in [1.29, 1.82) is 0 Å². The molecule has 0 aromatic heterocycles. The second-order valence-electron chi connectivity index (χ2n) is 9.02. The van der Waals surface area contributed by atoms with Gasteiger partial charge in [0.05, 0.1) is 30.9 Å². The van der Waals surface area contributed by atoms with E-state index in [9.17, 15) is 19.5 Å². The van der Waals surface area contributed by atoms with Gasteiger partial charge >= 0.3 is 5.97 Å². The first-order valence-electron chi connectivity index (χ1n) is 12.8. The number of ketones is 2. The minimum atomic E-state index is -0.872. The first kappa shape index (κ1) is 28.5. The van der Waals surface area contributed by atoms with E-state index in [1.807, 2.05) is 19.1 Å². The predicted octanol–water partition coefficient (Wildman–Crippen LogP) is 5.99. The van der Waals surface area contributed by atoms with E-state index in [1.165, 1.54) is 13.8 Å². The van der Waals surface area contributed by atoms with Gasteiger partial charge in [0.25, 0.3) is 0 Å². The molecule has 0 heterocycles. The van der Waals surface area contributed by atoms with Crippen LogP contribution in [-0.4, -0.2) is 47.6 Å². The minimum Gasteiger partial charge on any atom is -0.507 e. The van der Waals surface area contributed by atoms with Crippen molar-refractivity contribution in [3.8, 4) is 23.0 Å². The molecule has 0 aliphatic rings. The number of aliphatic carboxylic acids is 1. The van der Waals surface area contributed by atoms with Crippen molar-refractivity contribution >= 4 is 28.3 Å². The van der Waals surface area contributed by atoms with Crippen LogP contribution in [0.15, 0.2) is 42.5 Å². The summed E-state index contributed by atoms with van der Waals surface area (Å²) in [7, 11) is 0. The van der Waals surface area contributed by atoms with Crippen molar-refractivity contribution in [2.75, 3.05) is 19.8 Å². The van der Waals surface area contributed by atoms with Gasteiger partial charge in [-0.25, -0.2) is 0 Å². The Morgan fingerprint density at radius 2 is 1.47 bits per heavy atom. The summed E-state index contributed by atoms with van der Waals surface area (Å²) in [5.41, 5.74) is 1.36. The number of hydrogen-bond donors (Lipinski definition) is 2. The monoisotopic (exact) mass is 522 g/mol. The lowest BCUT2D eigenvalue weighted by Crippen LogP contribution is -2.09. The molecule has 3 rings (SSSR count). The number of aromatic hydroxyl groups is 1. The van der Waals surface area contributed by atoms with Gasteiger partial charge in [0, 0.05) is 18.4 Å². The SMILES string of the molecule is CCCc1c(OCCCOc2ccc3ccc(OCCCC(=O)O)cc3c2C(C)=O)ccc(C(C)=O)c1O. The van der Waals surface area contributed by atoms with Gasteiger partial charge in [-0.2, -0.15) is 0 Å². The number of Topliss-reactive ketones (excluding diaryl/α,β-unsaturated/α-hetero) is 2. The van der Waals surface area contributed by atoms with E-state index in [2.05, 4.69) is 0 Å². The number of carboxylic acid groups (broad SMARTS) is 1. The topological polar surface area (TPSA) is 119 Å².